The molecule has 0 amide bonds. The summed E-state index contributed by atoms with van der Waals surface area (Å²) in [6.45, 7) is 0.801. The summed E-state index contributed by atoms with van der Waals surface area (Å²) in [4.78, 5) is 7.64. The first-order valence-electron chi connectivity index (χ1n) is 7.04. The molecule has 0 bridgehead atoms. The van der Waals surface area contributed by atoms with Crippen molar-refractivity contribution in [2.24, 2.45) is 0 Å². The minimum Gasteiger partial charge on any atom is -0.381 e. The third kappa shape index (κ3) is 2.23. The first-order valence-corrected chi connectivity index (χ1v) is 7.04. The summed E-state index contributed by atoms with van der Waals surface area (Å²) in [5, 5.41) is 5.91. The Hall–Kier alpha value is -2.81. The van der Waals surface area contributed by atoms with Gasteiger partial charge >= 0.3 is 0 Å². The maximum absolute atomic E-state index is 4.34. The SMILES string of the molecule is c1cnc2ccc(NCc3c[nH]c4ccccc34)cc2c1. The van der Waals surface area contributed by atoms with Gasteiger partial charge in [-0.2, -0.15) is 0 Å². The first kappa shape index (κ1) is 12.0. The molecule has 21 heavy (non-hydrogen) atoms. The predicted octanol–water partition coefficient (Wildman–Crippen LogP) is 4.33. The molecule has 0 spiro atoms. The van der Waals surface area contributed by atoms with E-state index < -0.39 is 0 Å². The highest BCUT2D eigenvalue weighted by molar-refractivity contribution is 5.84. The number of hydrogen-bond acceptors (Lipinski definition) is 2. The van der Waals surface area contributed by atoms with Crippen LogP contribution >= 0.6 is 0 Å². The van der Waals surface area contributed by atoms with Crippen molar-refractivity contribution in [3.63, 3.8) is 0 Å². The second-order valence-corrected chi connectivity index (χ2v) is 5.12. The van der Waals surface area contributed by atoms with E-state index in [1.54, 1.807) is 0 Å². The molecule has 0 atom stereocenters. The number of aromatic nitrogens is 2. The van der Waals surface area contributed by atoms with Gasteiger partial charge in [-0.05, 0) is 35.9 Å². The van der Waals surface area contributed by atoms with Gasteiger partial charge in [0, 0.05) is 40.9 Å². The highest BCUT2D eigenvalue weighted by atomic mass is 14.9. The number of benzene rings is 2. The monoisotopic (exact) mass is 273 g/mol. The van der Waals surface area contributed by atoms with E-state index >= 15 is 0 Å². The highest BCUT2D eigenvalue weighted by Crippen LogP contribution is 2.21. The van der Waals surface area contributed by atoms with Gasteiger partial charge in [0.05, 0.1) is 5.52 Å². The van der Waals surface area contributed by atoms with Crippen LogP contribution in [0.3, 0.4) is 0 Å². The second kappa shape index (κ2) is 4.94. The van der Waals surface area contributed by atoms with Crippen LogP contribution < -0.4 is 5.32 Å². The number of para-hydroxylation sites is 1. The summed E-state index contributed by atoms with van der Waals surface area (Å²) < 4.78 is 0. The van der Waals surface area contributed by atoms with E-state index in [-0.39, 0.29) is 0 Å². The molecule has 3 heteroatoms. The van der Waals surface area contributed by atoms with Gasteiger partial charge < -0.3 is 10.3 Å². The summed E-state index contributed by atoms with van der Waals surface area (Å²) in [5.74, 6) is 0. The Morgan fingerprint density at radius 3 is 2.95 bits per heavy atom. The molecular weight excluding hydrogens is 258 g/mol. The van der Waals surface area contributed by atoms with Crippen molar-refractivity contribution < 1.29 is 0 Å². The third-order valence-corrected chi connectivity index (χ3v) is 3.76. The summed E-state index contributed by atoms with van der Waals surface area (Å²) in [6, 6.07) is 18.7. The number of nitrogens with zero attached hydrogens (tertiary/aromatic N) is 1. The van der Waals surface area contributed by atoms with E-state index in [2.05, 4.69) is 57.9 Å². The van der Waals surface area contributed by atoms with E-state index in [1.165, 1.54) is 16.5 Å². The van der Waals surface area contributed by atoms with E-state index in [4.69, 9.17) is 0 Å². The number of rotatable bonds is 3. The number of fused-ring (bicyclic) bond motifs is 2. The van der Waals surface area contributed by atoms with Crippen LogP contribution in [0.5, 0.6) is 0 Å². The molecule has 102 valence electrons. The number of H-pyrrole nitrogens is 1. The molecule has 0 aliphatic rings. The molecule has 2 N–H and O–H groups in total. The zero-order chi connectivity index (χ0) is 14.1. The van der Waals surface area contributed by atoms with Crippen molar-refractivity contribution in [3.05, 3.63) is 72.6 Å². The van der Waals surface area contributed by atoms with Crippen molar-refractivity contribution in [2.45, 2.75) is 6.54 Å². The van der Waals surface area contributed by atoms with E-state index in [0.29, 0.717) is 0 Å². The van der Waals surface area contributed by atoms with E-state index in [1.807, 2.05) is 24.4 Å². The molecular formula is C18H15N3. The third-order valence-electron chi connectivity index (χ3n) is 3.76. The number of anilines is 1. The van der Waals surface area contributed by atoms with Crippen LogP contribution in [0, 0.1) is 0 Å². The molecule has 4 rings (SSSR count). The lowest BCUT2D eigenvalue weighted by molar-refractivity contribution is 1.16. The van der Waals surface area contributed by atoms with Gasteiger partial charge in [-0.15, -0.1) is 0 Å². The van der Waals surface area contributed by atoms with Crippen molar-refractivity contribution in [2.75, 3.05) is 5.32 Å². The molecule has 2 aromatic carbocycles. The van der Waals surface area contributed by atoms with Gasteiger partial charge in [0.25, 0.3) is 0 Å². The van der Waals surface area contributed by atoms with Crippen molar-refractivity contribution >= 4 is 27.5 Å². The van der Waals surface area contributed by atoms with Gasteiger partial charge in [-0.3, -0.25) is 4.98 Å². The molecule has 0 aliphatic carbocycles. The Balaban J connectivity index is 1.60. The van der Waals surface area contributed by atoms with Crippen LogP contribution in [0.25, 0.3) is 21.8 Å². The summed E-state index contributed by atoms with van der Waals surface area (Å²) >= 11 is 0. The van der Waals surface area contributed by atoms with Crippen molar-refractivity contribution in [3.8, 4) is 0 Å². The Kier molecular flexibility index (Phi) is 2.82. The minimum atomic E-state index is 0.801. The van der Waals surface area contributed by atoms with Gasteiger partial charge in [0.1, 0.15) is 0 Å². The van der Waals surface area contributed by atoms with E-state index in [0.717, 1.165) is 23.1 Å². The molecule has 0 unspecified atom stereocenters. The van der Waals surface area contributed by atoms with Gasteiger partial charge in [-0.25, -0.2) is 0 Å². The number of hydrogen-bond donors (Lipinski definition) is 2. The Morgan fingerprint density at radius 2 is 1.95 bits per heavy atom. The second-order valence-electron chi connectivity index (χ2n) is 5.12. The number of nitrogens with one attached hydrogen (secondary N) is 2. The maximum Gasteiger partial charge on any atom is 0.0703 e. The first-order chi connectivity index (χ1) is 10.4. The lowest BCUT2D eigenvalue weighted by Crippen LogP contribution is -1.98. The molecule has 0 saturated heterocycles. The van der Waals surface area contributed by atoms with Gasteiger partial charge in [0.15, 0.2) is 0 Å². The molecule has 2 heterocycles. The summed E-state index contributed by atoms with van der Waals surface area (Å²) in [5.41, 5.74) is 4.59. The van der Waals surface area contributed by atoms with Gasteiger partial charge in [-0.1, -0.05) is 24.3 Å². The Bertz CT molecular complexity index is 908. The molecule has 0 fully saturated rings. The fraction of sp³-hybridized carbons (Fsp3) is 0.0556. The smallest absolute Gasteiger partial charge is 0.0703 e. The standard InChI is InChI=1S/C18H15N3/c1-2-6-18-16(5-1)14(12-21-18)11-20-15-7-8-17-13(10-15)4-3-9-19-17/h1-10,12,20-21H,11H2. The number of aromatic amines is 1. The topological polar surface area (TPSA) is 40.7 Å². The largest absolute Gasteiger partial charge is 0.381 e. The molecule has 0 saturated carbocycles. The molecule has 3 nitrogen and oxygen atoms in total. The average molecular weight is 273 g/mol. The lowest BCUT2D eigenvalue weighted by atomic mass is 10.1. The molecule has 4 aromatic rings. The quantitative estimate of drug-likeness (QED) is 0.583. The van der Waals surface area contributed by atoms with Crippen molar-refractivity contribution in [1.82, 2.24) is 9.97 Å². The molecule has 0 radical (unpaired) electrons. The molecule has 2 aromatic heterocycles. The minimum absolute atomic E-state index is 0.801. The lowest BCUT2D eigenvalue weighted by Gasteiger charge is -2.07. The summed E-state index contributed by atoms with van der Waals surface area (Å²) in [6.07, 6.45) is 3.89. The van der Waals surface area contributed by atoms with Crippen LogP contribution in [0.1, 0.15) is 5.56 Å². The normalized spacial score (nSPS) is 11.0. The van der Waals surface area contributed by atoms with Gasteiger partial charge in [0.2, 0.25) is 0 Å². The zero-order valence-electron chi connectivity index (χ0n) is 11.5. The van der Waals surface area contributed by atoms with Crippen LogP contribution in [-0.4, -0.2) is 9.97 Å². The highest BCUT2D eigenvalue weighted by Gasteiger charge is 2.03. The Labute approximate surface area is 122 Å². The predicted molar refractivity (Wildman–Crippen MR) is 87.4 cm³/mol. The Morgan fingerprint density at radius 1 is 1.00 bits per heavy atom. The summed E-state index contributed by atoms with van der Waals surface area (Å²) in [7, 11) is 0. The maximum atomic E-state index is 4.34. The zero-order valence-corrected chi connectivity index (χ0v) is 11.5. The van der Waals surface area contributed by atoms with Crippen LogP contribution in [0.15, 0.2) is 67.0 Å². The van der Waals surface area contributed by atoms with E-state index in [9.17, 15) is 0 Å². The van der Waals surface area contributed by atoms with Crippen LogP contribution in [0.4, 0.5) is 5.69 Å². The molecule has 0 aliphatic heterocycles. The van der Waals surface area contributed by atoms with Crippen LogP contribution in [0.2, 0.25) is 0 Å². The number of pyridine rings is 1. The fourth-order valence-corrected chi connectivity index (χ4v) is 2.66. The average Bonchev–Trinajstić information content (AvgIpc) is 2.96. The van der Waals surface area contributed by atoms with Crippen LogP contribution in [-0.2, 0) is 6.54 Å². The van der Waals surface area contributed by atoms with Crippen molar-refractivity contribution in [1.29, 1.82) is 0 Å². The fourth-order valence-electron chi connectivity index (χ4n) is 2.66.